The van der Waals surface area contributed by atoms with Crippen molar-refractivity contribution in [2.75, 3.05) is 7.11 Å². The molecule has 3 rings (SSSR count). The van der Waals surface area contributed by atoms with Gasteiger partial charge in [-0.1, -0.05) is 36.4 Å². The largest absolute Gasteiger partial charge is 0.497 e. The molecule has 0 atom stereocenters. The SMILES string of the molecule is COc1ccc([Si+](c2ccccc2)c2ccccc2)cc1. The van der Waals surface area contributed by atoms with Gasteiger partial charge >= 0.3 is 8.80 Å². The van der Waals surface area contributed by atoms with E-state index in [0.29, 0.717) is 0 Å². The van der Waals surface area contributed by atoms with Gasteiger partial charge in [0, 0.05) is 0 Å². The molecule has 0 aliphatic rings. The molecule has 0 saturated carbocycles. The van der Waals surface area contributed by atoms with Gasteiger partial charge < -0.3 is 4.74 Å². The van der Waals surface area contributed by atoms with Gasteiger partial charge in [0.2, 0.25) is 0 Å². The fraction of sp³-hybridized carbons (Fsp3) is 0.0526. The molecule has 2 heteroatoms. The van der Waals surface area contributed by atoms with Crippen LogP contribution in [0.15, 0.2) is 84.9 Å². The maximum atomic E-state index is 5.27. The molecule has 3 aromatic carbocycles. The third-order valence-electron chi connectivity index (χ3n) is 3.50. The summed E-state index contributed by atoms with van der Waals surface area (Å²) in [5, 5.41) is 4.18. The summed E-state index contributed by atoms with van der Waals surface area (Å²) >= 11 is 0. The monoisotopic (exact) mass is 289 g/mol. The van der Waals surface area contributed by atoms with Crippen LogP contribution in [0, 0.1) is 0 Å². The number of hydrogen-bond acceptors (Lipinski definition) is 1. The lowest BCUT2D eigenvalue weighted by Gasteiger charge is -2.04. The van der Waals surface area contributed by atoms with Crippen molar-refractivity contribution < 1.29 is 4.74 Å². The van der Waals surface area contributed by atoms with Gasteiger partial charge in [0.1, 0.15) is 21.3 Å². The van der Waals surface area contributed by atoms with Crippen molar-refractivity contribution in [3.8, 4) is 5.75 Å². The quantitative estimate of drug-likeness (QED) is 0.528. The van der Waals surface area contributed by atoms with Crippen molar-refractivity contribution in [1.82, 2.24) is 0 Å². The molecule has 0 radical (unpaired) electrons. The fourth-order valence-electron chi connectivity index (χ4n) is 2.47. The topological polar surface area (TPSA) is 9.23 Å². The van der Waals surface area contributed by atoms with Crippen LogP contribution in [0.3, 0.4) is 0 Å². The van der Waals surface area contributed by atoms with E-state index in [4.69, 9.17) is 4.74 Å². The minimum atomic E-state index is -0.957. The van der Waals surface area contributed by atoms with Crippen LogP contribution in [0.1, 0.15) is 0 Å². The molecule has 0 spiro atoms. The predicted molar refractivity (Wildman–Crippen MR) is 90.5 cm³/mol. The lowest BCUT2D eigenvalue weighted by Crippen LogP contribution is -2.51. The number of hydrogen-bond donors (Lipinski definition) is 0. The van der Waals surface area contributed by atoms with Crippen molar-refractivity contribution in [3.63, 3.8) is 0 Å². The first-order chi connectivity index (χ1) is 10.4. The lowest BCUT2D eigenvalue weighted by atomic mass is 10.3. The van der Waals surface area contributed by atoms with Gasteiger partial charge in [0.05, 0.1) is 7.11 Å². The molecule has 102 valence electrons. The van der Waals surface area contributed by atoms with Crippen LogP contribution in [-0.4, -0.2) is 15.9 Å². The number of rotatable bonds is 4. The molecule has 0 heterocycles. The van der Waals surface area contributed by atoms with Crippen LogP contribution in [0.25, 0.3) is 0 Å². The first kappa shape index (κ1) is 13.7. The highest BCUT2D eigenvalue weighted by Gasteiger charge is 2.35. The summed E-state index contributed by atoms with van der Waals surface area (Å²) in [5.74, 6) is 0.904. The molecular formula is C19H17OSi+. The van der Waals surface area contributed by atoms with Crippen molar-refractivity contribution in [2.45, 2.75) is 0 Å². The molecule has 0 fully saturated rings. The van der Waals surface area contributed by atoms with Crippen LogP contribution in [-0.2, 0) is 0 Å². The van der Waals surface area contributed by atoms with Crippen molar-refractivity contribution in [1.29, 1.82) is 0 Å². The summed E-state index contributed by atoms with van der Waals surface area (Å²) in [6.45, 7) is 0. The van der Waals surface area contributed by atoms with Gasteiger partial charge in [0.15, 0.2) is 0 Å². The van der Waals surface area contributed by atoms with Gasteiger partial charge in [-0.05, 0) is 48.5 Å². The molecule has 0 aliphatic carbocycles. The molecule has 3 aromatic rings. The Balaban J connectivity index is 2.07. The third kappa shape index (κ3) is 3.06. The minimum Gasteiger partial charge on any atom is -0.497 e. The van der Waals surface area contributed by atoms with Gasteiger partial charge in [-0.15, -0.1) is 0 Å². The zero-order chi connectivity index (χ0) is 14.5. The van der Waals surface area contributed by atoms with E-state index < -0.39 is 8.80 Å². The Bertz CT molecular complexity index is 638. The second-order valence-corrected chi connectivity index (χ2v) is 7.32. The first-order valence-corrected chi connectivity index (χ1v) is 8.51. The Morgan fingerprint density at radius 2 is 1.00 bits per heavy atom. The van der Waals surface area contributed by atoms with Gasteiger partial charge in [-0.2, -0.15) is 0 Å². The van der Waals surface area contributed by atoms with Crippen LogP contribution in [0.5, 0.6) is 5.75 Å². The first-order valence-electron chi connectivity index (χ1n) is 7.01. The molecule has 0 aromatic heterocycles. The standard InChI is InChI=1S/C19H17OSi/c1-20-16-12-14-19(15-13-16)21(17-8-4-2-5-9-17)18-10-6-3-7-11-18/h2-15H,1H3/q+1. The van der Waals surface area contributed by atoms with Crippen molar-refractivity contribution in [2.24, 2.45) is 0 Å². The molecule has 0 amide bonds. The molecule has 0 bridgehead atoms. The highest BCUT2D eigenvalue weighted by atomic mass is 28.3. The highest BCUT2D eigenvalue weighted by Crippen LogP contribution is 2.06. The van der Waals surface area contributed by atoms with E-state index in [1.54, 1.807) is 7.11 Å². The van der Waals surface area contributed by atoms with Gasteiger partial charge in [-0.25, -0.2) is 0 Å². The Labute approximate surface area is 127 Å². The average molecular weight is 289 g/mol. The zero-order valence-corrected chi connectivity index (χ0v) is 13.0. The van der Waals surface area contributed by atoms with Crippen LogP contribution >= 0.6 is 0 Å². The summed E-state index contributed by atoms with van der Waals surface area (Å²) in [7, 11) is 0.746. The summed E-state index contributed by atoms with van der Waals surface area (Å²) in [6, 6.07) is 30.0. The second kappa shape index (κ2) is 6.42. The maximum Gasteiger partial charge on any atom is 0.428 e. The van der Waals surface area contributed by atoms with Crippen LogP contribution < -0.4 is 20.3 Å². The third-order valence-corrected chi connectivity index (χ3v) is 6.24. The molecule has 0 saturated heterocycles. The van der Waals surface area contributed by atoms with Gasteiger partial charge in [-0.3, -0.25) is 0 Å². The summed E-state index contributed by atoms with van der Waals surface area (Å²) < 4.78 is 5.27. The average Bonchev–Trinajstić information content (AvgIpc) is 2.58. The Kier molecular flexibility index (Phi) is 4.17. The summed E-state index contributed by atoms with van der Waals surface area (Å²) in [5.41, 5.74) is 0. The minimum absolute atomic E-state index is 0.904. The number of methoxy groups -OCH3 is 1. The van der Waals surface area contributed by atoms with Crippen LogP contribution in [0.2, 0.25) is 0 Å². The lowest BCUT2D eigenvalue weighted by molar-refractivity contribution is 0.415. The highest BCUT2D eigenvalue weighted by molar-refractivity contribution is 6.95. The van der Waals surface area contributed by atoms with Crippen LogP contribution in [0.4, 0.5) is 0 Å². The van der Waals surface area contributed by atoms with E-state index in [2.05, 4.69) is 72.8 Å². The van der Waals surface area contributed by atoms with E-state index in [1.165, 1.54) is 15.6 Å². The van der Waals surface area contributed by atoms with E-state index in [9.17, 15) is 0 Å². The van der Waals surface area contributed by atoms with Gasteiger partial charge in [0.25, 0.3) is 0 Å². The zero-order valence-electron chi connectivity index (χ0n) is 12.0. The number of benzene rings is 3. The summed E-state index contributed by atoms with van der Waals surface area (Å²) in [6.07, 6.45) is 0. The van der Waals surface area contributed by atoms with Crippen molar-refractivity contribution >= 4 is 24.4 Å². The fourth-order valence-corrected chi connectivity index (χ4v) is 5.02. The van der Waals surface area contributed by atoms with E-state index in [0.717, 1.165) is 5.75 Å². The Morgan fingerprint density at radius 3 is 1.43 bits per heavy atom. The van der Waals surface area contributed by atoms with E-state index >= 15 is 0 Å². The molecule has 1 nitrogen and oxygen atoms in total. The van der Waals surface area contributed by atoms with E-state index in [1.807, 2.05) is 12.1 Å². The molecular weight excluding hydrogens is 272 g/mol. The smallest absolute Gasteiger partial charge is 0.428 e. The second-order valence-electron chi connectivity index (χ2n) is 4.84. The molecule has 21 heavy (non-hydrogen) atoms. The normalized spacial score (nSPS) is 10.1. The Hall–Kier alpha value is -2.32. The molecule has 0 unspecified atom stereocenters. The summed E-state index contributed by atoms with van der Waals surface area (Å²) in [4.78, 5) is 0. The maximum absolute atomic E-state index is 5.27. The van der Waals surface area contributed by atoms with Crippen molar-refractivity contribution in [3.05, 3.63) is 84.9 Å². The number of ether oxygens (including phenoxy) is 1. The molecule has 0 N–H and O–H groups in total. The molecule has 0 aliphatic heterocycles. The van der Waals surface area contributed by atoms with E-state index in [-0.39, 0.29) is 0 Å². The Morgan fingerprint density at radius 1 is 0.571 bits per heavy atom. The predicted octanol–water partition coefficient (Wildman–Crippen LogP) is 2.21.